The highest BCUT2D eigenvalue weighted by Crippen LogP contribution is 2.34. The van der Waals surface area contributed by atoms with E-state index in [4.69, 9.17) is 5.73 Å². The lowest BCUT2D eigenvalue weighted by atomic mass is 9.75. The molecule has 1 saturated heterocycles. The van der Waals surface area contributed by atoms with E-state index in [0.29, 0.717) is 23.6 Å². The van der Waals surface area contributed by atoms with Crippen molar-refractivity contribution in [3.05, 3.63) is 16.1 Å². The van der Waals surface area contributed by atoms with E-state index in [0.717, 1.165) is 30.9 Å². The van der Waals surface area contributed by atoms with Gasteiger partial charge in [0.05, 0.1) is 0 Å². The molecule has 2 rings (SSSR count). The first kappa shape index (κ1) is 14.5. The highest BCUT2D eigenvalue weighted by Gasteiger charge is 2.31. The lowest BCUT2D eigenvalue weighted by molar-refractivity contribution is 0.0604. The first-order valence-electron chi connectivity index (χ1n) is 6.85. The Hall–Kier alpha value is -0.940. The summed E-state index contributed by atoms with van der Waals surface area (Å²) in [6, 6.07) is 0. The number of carbonyl (C=O) groups excluding carboxylic acids is 1. The van der Waals surface area contributed by atoms with Crippen LogP contribution in [0.25, 0.3) is 0 Å². The van der Waals surface area contributed by atoms with E-state index in [9.17, 15) is 4.79 Å². The number of piperidine rings is 1. The number of thiazole rings is 1. The number of amides is 1. The SMILES string of the molecule is CC(C)(C)C1CCN(C(=O)c2csc(CN)n2)CC1. The van der Waals surface area contributed by atoms with Gasteiger partial charge < -0.3 is 10.6 Å². The number of hydrogen-bond acceptors (Lipinski definition) is 4. The predicted molar refractivity (Wildman–Crippen MR) is 78.1 cm³/mol. The second kappa shape index (κ2) is 5.59. The molecule has 2 heterocycles. The summed E-state index contributed by atoms with van der Waals surface area (Å²) in [6.07, 6.45) is 2.17. The number of aromatic nitrogens is 1. The Morgan fingerprint density at radius 1 is 1.47 bits per heavy atom. The Morgan fingerprint density at radius 2 is 2.11 bits per heavy atom. The molecule has 5 heteroatoms. The van der Waals surface area contributed by atoms with Crippen molar-refractivity contribution < 1.29 is 4.79 Å². The fraction of sp³-hybridized carbons (Fsp3) is 0.714. The third-order valence-corrected chi connectivity index (χ3v) is 4.82. The molecule has 1 aromatic heterocycles. The van der Waals surface area contributed by atoms with Crippen LogP contribution in [0, 0.1) is 11.3 Å². The van der Waals surface area contributed by atoms with Crippen molar-refractivity contribution in [2.24, 2.45) is 17.1 Å². The molecule has 1 fully saturated rings. The van der Waals surface area contributed by atoms with E-state index in [1.807, 2.05) is 10.3 Å². The van der Waals surface area contributed by atoms with Gasteiger partial charge >= 0.3 is 0 Å². The topological polar surface area (TPSA) is 59.2 Å². The van der Waals surface area contributed by atoms with Crippen LogP contribution >= 0.6 is 11.3 Å². The van der Waals surface area contributed by atoms with Crippen LogP contribution in [-0.2, 0) is 6.54 Å². The van der Waals surface area contributed by atoms with Gasteiger partial charge in [0.2, 0.25) is 0 Å². The number of rotatable bonds is 2. The molecular weight excluding hydrogens is 258 g/mol. The third-order valence-electron chi connectivity index (χ3n) is 3.95. The monoisotopic (exact) mass is 281 g/mol. The van der Waals surface area contributed by atoms with Gasteiger partial charge in [-0.2, -0.15) is 0 Å². The normalized spacial score (nSPS) is 17.8. The van der Waals surface area contributed by atoms with Gasteiger partial charge in [0.1, 0.15) is 10.7 Å². The highest BCUT2D eigenvalue weighted by molar-refractivity contribution is 7.09. The van der Waals surface area contributed by atoms with Gasteiger partial charge in [-0.05, 0) is 24.2 Å². The van der Waals surface area contributed by atoms with Gasteiger partial charge in [0.15, 0.2) is 0 Å². The molecule has 0 aromatic carbocycles. The molecule has 1 amide bonds. The van der Waals surface area contributed by atoms with Crippen molar-refractivity contribution in [3.8, 4) is 0 Å². The summed E-state index contributed by atoms with van der Waals surface area (Å²) in [6.45, 7) is 8.94. The molecule has 19 heavy (non-hydrogen) atoms. The zero-order valence-electron chi connectivity index (χ0n) is 12.0. The number of likely N-dealkylation sites (tertiary alicyclic amines) is 1. The van der Waals surface area contributed by atoms with Crippen LogP contribution in [0.3, 0.4) is 0 Å². The van der Waals surface area contributed by atoms with E-state index in [2.05, 4.69) is 25.8 Å². The summed E-state index contributed by atoms with van der Waals surface area (Å²) in [5, 5.41) is 2.65. The van der Waals surface area contributed by atoms with Crippen molar-refractivity contribution in [1.29, 1.82) is 0 Å². The smallest absolute Gasteiger partial charge is 0.273 e. The first-order valence-corrected chi connectivity index (χ1v) is 7.73. The molecule has 2 N–H and O–H groups in total. The molecule has 1 aliphatic rings. The molecule has 4 nitrogen and oxygen atoms in total. The molecule has 1 aromatic rings. The van der Waals surface area contributed by atoms with E-state index < -0.39 is 0 Å². The van der Waals surface area contributed by atoms with E-state index in [1.54, 1.807) is 0 Å². The second-order valence-electron chi connectivity index (χ2n) is 6.26. The van der Waals surface area contributed by atoms with Gasteiger partial charge in [-0.1, -0.05) is 20.8 Å². The minimum Gasteiger partial charge on any atom is -0.337 e. The van der Waals surface area contributed by atoms with Gasteiger partial charge in [0.25, 0.3) is 5.91 Å². The van der Waals surface area contributed by atoms with Gasteiger partial charge in [-0.25, -0.2) is 4.98 Å². The molecule has 0 aliphatic carbocycles. The summed E-state index contributed by atoms with van der Waals surface area (Å²) in [5.74, 6) is 0.759. The van der Waals surface area contributed by atoms with Crippen molar-refractivity contribution >= 4 is 17.2 Å². The number of carbonyl (C=O) groups is 1. The molecule has 106 valence electrons. The van der Waals surface area contributed by atoms with Crippen LogP contribution in [0.5, 0.6) is 0 Å². The van der Waals surface area contributed by atoms with Crippen LogP contribution in [0.4, 0.5) is 0 Å². The van der Waals surface area contributed by atoms with E-state index >= 15 is 0 Å². The quantitative estimate of drug-likeness (QED) is 0.906. The van der Waals surface area contributed by atoms with E-state index in [1.165, 1.54) is 11.3 Å². The molecule has 0 spiro atoms. The van der Waals surface area contributed by atoms with Crippen LogP contribution < -0.4 is 5.73 Å². The maximum atomic E-state index is 12.3. The predicted octanol–water partition coefficient (Wildman–Crippen LogP) is 2.50. The fourth-order valence-corrected chi connectivity index (χ4v) is 3.26. The standard InChI is InChI=1S/C14H23N3OS/c1-14(2,3)10-4-6-17(7-5-10)13(18)11-9-19-12(8-15)16-11/h9-10H,4-8,15H2,1-3H3. The number of nitrogens with zero attached hydrogens (tertiary/aromatic N) is 2. The minimum atomic E-state index is 0.0586. The Labute approximate surface area is 119 Å². The van der Waals surface area contributed by atoms with Gasteiger partial charge in [0, 0.05) is 25.0 Å². The van der Waals surface area contributed by atoms with Crippen LogP contribution in [0.1, 0.15) is 49.1 Å². The molecule has 0 unspecified atom stereocenters. The summed E-state index contributed by atoms with van der Waals surface area (Å²) >= 11 is 1.46. The molecule has 1 aliphatic heterocycles. The Kier molecular flexibility index (Phi) is 4.26. The van der Waals surface area contributed by atoms with Crippen LogP contribution in [0.15, 0.2) is 5.38 Å². The summed E-state index contributed by atoms with van der Waals surface area (Å²) in [7, 11) is 0. The van der Waals surface area contributed by atoms with Crippen molar-refractivity contribution in [1.82, 2.24) is 9.88 Å². The maximum Gasteiger partial charge on any atom is 0.273 e. The average molecular weight is 281 g/mol. The van der Waals surface area contributed by atoms with E-state index in [-0.39, 0.29) is 5.91 Å². The third kappa shape index (κ3) is 3.34. The molecular formula is C14H23N3OS. The zero-order valence-corrected chi connectivity index (χ0v) is 12.8. The summed E-state index contributed by atoms with van der Waals surface area (Å²) < 4.78 is 0. The lowest BCUT2D eigenvalue weighted by Crippen LogP contribution is -2.41. The van der Waals surface area contributed by atoms with Crippen molar-refractivity contribution in [2.45, 2.75) is 40.2 Å². The highest BCUT2D eigenvalue weighted by atomic mass is 32.1. The Balaban J connectivity index is 1.96. The molecule has 0 saturated carbocycles. The molecule has 0 radical (unpaired) electrons. The number of hydrogen-bond donors (Lipinski definition) is 1. The van der Waals surface area contributed by atoms with Gasteiger partial charge in [-0.3, -0.25) is 4.79 Å². The fourth-order valence-electron chi connectivity index (χ4n) is 2.61. The number of nitrogens with two attached hydrogens (primary N) is 1. The Bertz CT molecular complexity index is 442. The first-order chi connectivity index (χ1) is 8.91. The summed E-state index contributed by atoms with van der Waals surface area (Å²) in [5.41, 5.74) is 6.42. The minimum absolute atomic E-state index is 0.0586. The van der Waals surface area contributed by atoms with Gasteiger partial charge in [-0.15, -0.1) is 11.3 Å². The molecule has 0 bridgehead atoms. The van der Waals surface area contributed by atoms with Crippen LogP contribution in [0.2, 0.25) is 0 Å². The second-order valence-corrected chi connectivity index (χ2v) is 7.21. The lowest BCUT2D eigenvalue weighted by Gasteiger charge is -2.38. The van der Waals surface area contributed by atoms with Crippen molar-refractivity contribution in [3.63, 3.8) is 0 Å². The van der Waals surface area contributed by atoms with Crippen LogP contribution in [-0.4, -0.2) is 28.9 Å². The largest absolute Gasteiger partial charge is 0.337 e. The Morgan fingerprint density at radius 3 is 2.58 bits per heavy atom. The average Bonchev–Trinajstić information content (AvgIpc) is 2.86. The van der Waals surface area contributed by atoms with Crippen molar-refractivity contribution in [2.75, 3.05) is 13.1 Å². The summed E-state index contributed by atoms with van der Waals surface area (Å²) in [4.78, 5) is 18.5. The zero-order chi connectivity index (χ0) is 14.0. The molecule has 0 atom stereocenters. The maximum absolute atomic E-state index is 12.3.